The molecule has 6 heteroatoms. The van der Waals surface area contributed by atoms with E-state index in [1.54, 1.807) is 0 Å². The normalized spacial score (nSPS) is 10.9. The zero-order chi connectivity index (χ0) is 12.0. The summed E-state index contributed by atoms with van der Waals surface area (Å²) in [5.74, 6) is -0.850. The second kappa shape index (κ2) is 3.57. The molecule has 2 rings (SSSR count). The molecule has 0 fully saturated rings. The number of primary amides is 2. The van der Waals surface area contributed by atoms with E-state index in [0.717, 1.165) is 20.5 Å². The summed E-state index contributed by atoms with van der Waals surface area (Å²) in [6, 6.07) is 0. The summed E-state index contributed by atoms with van der Waals surface area (Å²) in [4.78, 5) is 23.4. The van der Waals surface area contributed by atoms with Crippen molar-refractivity contribution in [3.63, 3.8) is 0 Å². The first kappa shape index (κ1) is 11.1. The van der Waals surface area contributed by atoms with Gasteiger partial charge in [-0.25, -0.2) is 0 Å². The van der Waals surface area contributed by atoms with Gasteiger partial charge in [0, 0.05) is 5.39 Å². The van der Waals surface area contributed by atoms with Gasteiger partial charge in [-0.05, 0) is 25.0 Å². The van der Waals surface area contributed by atoms with Crippen LogP contribution in [0.3, 0.4) is 0 Å². The highest BCUT2D eigenvalue weighted by Crippen LogP contribution is 2.40. The molecule has 2 aromatic heterocycles. The van der Waals surface area contributed by atoms with Gasteiger partial charge in [0.15, 0.2) is 0 Å². The number of fused-ring (bicyclic) bond motifs is 1. The van der Waals surface area contributed by atoms with Crippen LogP contribution in [0.5, 0.6) is 0 Å². The van der Waals surface area contributed by atoms with E-state index in [9.17, 15) is 9.59 Å². The minimum absolute atomic E-state index is 0.425. The molecule has 0 bridgehead atoms. The molecule has 16 heavy (non-hydrogen) atoms. The Kier molecular flexibility index (Phi) is 2.47. The summed E-state index contributed by atoms with van der Waals surface area (Å²) in [6.07, 6.45) is 0. The first-order valence-corrected chi connectivity index (χ1v) is 6.19. The van der Waals surface area contributed by atoms with Crippen LogP contribution >= 0.6 is 22.7 Å². The smallest absolute Gasteiger partial charge is 0.259 e. The molecule has 4 nitrogen and oxygen atoms in total. The zero-order valence-corrected chi connectivity index (χ0v) is 10.4. The lowest BCUT2D eigenvalue weighted by Gasteiger charge is -1.95. The number of carbonyl (C=O) groups is 2. The van der Waals surface area contributed by atoms with Gasteiger partial charge in [0.2, 0.25) is 0 Å². The molecule has 0 saturated carbocycles. The van der Waals surface area contributed by atoms with Crippen LogP contribution in [0.25, 0.3) is 9.40 Å². The standard InChI is InChI=1S/C10H10N2O2S2/c1-3-5-4(2)7(9(12)14)16-10(5)15-6(3)8(11)13/h1-2H3,(H2,11,13)(H2,12,14). The van der Waals surface area contributed by atoms with Gasteiger partial charge in [-0.1, -0.05) is 0 Å². The number of amides is 2. The van der Waals surface area contributed by atoms with E-state index in [0.29, 0.717) is 9.75 Å². The summed E-state index contributed by atoms with van der Waals surface area (Å²) in [5, 5.41) is 0.942. The first-order chi connectivity index (χ1) is 7.43. The van der Waals surface area contributed by atoms with Gasteiger partial charge in [-0.3, -0.25) is 9.59 Å². The predicted octanol–water partition coefficient (Wildman–Crippen LogP) is 1.78. The molecule has 0 unspecified atom stereocenters. The maximum Gasteiger partial charge on any atom is 0.259 e. The van der Waals surface area contributed by atoms with Crippen LogP contribution in [0, 0.1) is 13.8 Å². The highest BCUT2D eigenvalue weighted by molar-refractivity contribution is 7.40. The lowest BCUT2D eigenvalue weighted by atomic mass is 10.1. The van der Waals surface area contributed by atoms with Crippen molar-refractivity contribution in [1.82, 2.24) is 0 Å². The molecule has 2 aromatic rings. The first-order valence-electron chi connectivity index (χ1n) is 4.55. The van der Waals surface area contributed by atoms with Crippen molar-refractivity contribution in [3.8, 4) is 0 Å². The van der Waals surface area contributed by atoms with Gasteiger partial charge in [-0.15, -0.1) is 22.7 Å². The average molecular weight is 254 g/mol. The Morgan fingerprint density at radius 1 is 0.938 bits per heavy atom. The second-order valence-corrected chi connectivity index (χ2v) is 5.80. The Labute approximate surface area is 99.9 Å². The summed E-state index contributed by atoms with van der Waals surface area (Å²) < 4.78 is 0.928. The van der Waals surface area contributed by atoms with Gasteiger partial charge in [-0.2, -0.15) is 0 Å². The third-order valence-corrected chi connectivity index (χ3v) is 5.17. The minimum atomic E-state index is -0.425. The van der Waals surface area contributed by atoms with Crippen LogP contribution in [0.1, 0.15) is 30.5 Å². The Balaban J connectivity index is 2.79. The van der Waals surface area contributed by atoms with E-state index in [1.165, 1.54) is 22.7 Å². The van der Waals surface area contributed by atoms with Crippen molar-refractivity contribution >= 4 is 43.9 Å². The van der Waals surface area contributed by atoms with E-state index in [4.69, 9.17) is 11.5 Å². The van der Waals surface area contributed by atoms with Crippen molar-refractivity contribution in [2.24, 2.45) is 11.5 Å². The Morgan fingerprint density at radius 2 is 1.31 bits per heavy atom. The quantitative estimate of drug-likeness (QED) is 0.855. The molecule has 2 amide bonds. The molecule has 0 aromatic carbocycles. The fourth-order valence-electron chi connectivity index (χ4n) is 1.75. The largest absolute Gasteiger partial charge is 0.365 e. The molecule has 0 aliphatic carbocycles. The topological polar surface area (TPSA) is 86.2 Å². The van der Waals surface area contributed by atoms with Crippen molar-refractivity contribution in [2.45, 2.75) is 13.8 Å². The number of aryl methyl sites for hydroxylation is 2. The van der Waals surface area contributed by atoms with Crippen molar-refractivity contribution in [2.75, 3.05) is 0 Å². The Bertz CT molecular complexity index is 560. The van der Waals surface area contributed by atoms with Crippen LogP contribution in [-0.2, 0) is 0 Å². The highest BCUT2D eigenvalue weighted by atomic mass is 32.2. The fourth-order valence-corrected chi connectivity index (χ4v) is 4.31. The third-order valence-electron chi connectivity index (χ3n) is 2.47. The molecule has 0 spiro atoms. The number of carbonyl (C=O) groups excluding carboxylic acids is 2. The van der Waals surface area contributed by atoms with E-state index in [-0.39, 0.29) is 0 Å². The van der Waals surface area contributed by atoms with Gasteiger partial charge < -0.3 is 11.5 Å². The van der Waals surface area contributed by atoms with Crippen molar-refractivity contribution < 1.29 is 9.59 Å². The SMILES string of the molecule is Cc1c(C(N)=O)sc2sc(C(N)=O)c(C)c12. The zero-order valence-electron chi connectivity index (χ0n) is 8.79. The third kappa shape index (κ3) is 1.42. The van der Waals surface area contributed by atoms with Gasteiger partial charge in [0.05, 0.1) is 13.8 Å². The molecule has 84 valence electrons. The summed E-state index contributed by atoms with van der Waals surface area (Å²) in [7, 11) is 0. The molecule has 0 atom stereocenters. The molecule has 0 radical (unpaired) electrons. The van der Waals surface area contributed by atoms with Crippen LogP contribution in [0.2, 0.25) is 0 Å². The van der Waals surface area contributed by atoms with E-state index in [2.05, 4.69) is 0 Å². The molecule has 0 saturated heterocycles. The molecular formula is C10H10N2O2S2. The summed E-state index contributed by atoms with van der Waals surface area (Å²) in [6.45, 7) is 3.67. The number of hydrogen-bond acceptors (Lipinski definition) is 4. The van der Waals surface area contributed by atoms with Crippen molar-refractivity contribution in [3.05, 3.63) is 20.9 Å². The van der Waals surface area contributed by atoms with E-state index in [1.807, 2.05) is 13.8 Å². The fraction of sp³-hybridized carbons (Fsp3) is 0.200. The lowest BCUT2D eigenvalue weighted by molar-refractivity contribution is 0.0995. The maximum absolute atomic E-state index is 11.2. The Morgan fingerprint density at radius 3 is 1.56 bits per heavy atom. The number of hydrogen-bond donors (Lipinski definition) is 2. The van der Waals surface area contributed by atoms with E-state index >= 15 is 0 Å². The number of nitrogens with two attached hydrogens (primary N) is 2. The Hall–Kier alpha value is -1.40. The molecule has 0 aliphatic heterocycles. The maximum atomic E-state index is 11.2. The molecule has 2 heterocycles. The molecular weight excluding hydrogens is 244 g/mol. The van der Waals surface area contributed by atoms with Gasteiger partial charge in [0.1, 0.15) is 0 Å². The highest BCUT2D eigenvalue weighted by Gasteiger charge is 2.20. The summed E-state index contributed by atoms with van der Waals surface area (Å²) in [5.41, 5.74) is 12.2. The lowest BCUT2D eigenvalue weighted by Crippen LogP contribution is -2.11. The second-order valence-electron chi connectivity index (χ2n) is 3.50. The molecule has 4 N–H and O–H groups in total. The van der Waals surface area contributed by atoms with Crippen LogP contribution in [0.15, 0.2) is 0 Å². The average Bonchev–Trinajstić information content (AvgIpc) is 2.66. The van der Waals surface area contributed by atoms with Crippen LogP contribution in [0.4, 0.5) is 0 Å². The minimum Gasteiger partial charge on any atom is -0.365 e. The number of thiophene rings is 2. The van der Waals surface area contributed by atoms with Crippen LogP contribution < -0.4 is 11.5 Å². The monoisotopic (exact) mass is 254 g/mol. The summed E-state index contributed by atoms with van der Waals surface area (Å²) >= 11 is 2.64. The molecule has 0 aliphatic rings. The van der Waals surface area contributed by atoms with Gasteiger partial charge in [0.25, 0.3) is 11.8 Å². The van der Waals surface area contributed by atoms with Crippen LogP contribution in [-0.4, -0.2) is 11.8 Å². The predicted molar refractivity (Wildman–Crippen MR) is 66.2 cm³/mol. The van der Waals surface area contributed by atoms with E-state index < -0.39 is 11.8 Å². The number of rotatable bonds is 2. The van der Waals surface area contributed by atoms with Gasteiger partial charge >= 0.3 is 0 Å². The van der Waals surface area contributed by atoms with Crippen molar-refractivity contribution in [1.29, 1.82) is 0 Å².